The van der Waals surface area contributed by atoms with Gasteiger partial charge in [-0.25, -0.2) is 9.97 Å². The molecule has 6 heteroatoms. The largest absolute Gasteiger partial charge is 0.396 e. The number of nitrogens with zero attached hydrogens (tertiary/aromatic N) is 4. The summed E-state index contributed by atoms with van der Waals surface area (Å²) in [5, 5.41) is 19.7. The maximum atomic E-state index is 9.94. The van der Waals surface area contributed by atoms with Gasteiger partial charge in [0.25, 0.3) is 0 Å². The first kappa shape index (κ1) is 19.3. The molecular formula is C22H30N4O2. The molecule has 0 spiro atoms. The van der Waals surface area contributed by atoms with Crippen molar-refractivity contribution in [2.24, 2.45) is 11.8 Å². The average molecular weight is 383 g/mol. The van der Waals surface area contributed by atoms with E-state index in [-0.39, 0.29) is 18.6 Å². The van der Waals surface area contributed by atoms with Crippen LogP contribution in [0.5, 0.6) is 0 Å². The summed E-state index contributed by atoms with van der Waals surface area (Å²) in [5.41, 5.74) is 1.98. The average Bonchev–Trinajstić information content (AvgIpc) is 3.13. The number of aliphatic hydroxyl groups is 2. The smallest absolute Gasteiger partial charge is 0.161 e. The molecular weight excluding hydrogens is 352 g/mol. The number of aryl methyl sites for hydroxylation is 1. The molecule has 4 rings (SSSR count). The Labute approximate surface area is 166 Å². The summed E-state index contributed by atoms with van der Waals surface area (Å²) in [5.74, 6) is 2.36. The molecule has 0 amide bonds. The Hall–Kier alpha value is -2.02. The minimum atomic E-state index is -0.148. The number of aliphatic hydroxyl groups excluding tert-OH is 2. The second-order valence-electron chi connectivity index (χ2n) is 8.20. The van der Waals surface area contributed by atoms with E-state index >= 15 is 0 Å². The number of anilines is 1. The van der Waals surface area contributed by atoms with E-state index in [1.54, 1.807) is 0 Å². The second kappa shape index (κ2) is 8.55. The normalized spacial score (nSPS) is 24.0. The number of likely N-dealkylation sites (tertiary alicyclic amines) is 1. The molecule has 0 saturated carbocycles. The third-order valence-corrected chi connectivity index (χ3v) is 6.06. The van der Waals surface area contributed by atoms with E-state index in [0.29, 0.717) is 5.92 Å². The van der Waals surface area contributed by atoms with Crippen molar-refractivity contribution in [2.75, 3.05) is 44.2 Å². The zero-order valence-corrected chi connectivity index (χ0v) is 16.5. The fourth-order valence-electron chi connectivity index (χ4n) is 4.40. The summed E-state index contributed by atoms with van der Waals surface area (Å²) in [6.07, 6.45) is 1.56. The molecule has 0 aliphatic carbocycles. The molecule has 2 N–H and O–H groups in total. The van der Waals surface area contributed by atoms with Gasteiger partial charge in [0, 0.05) is 62.6 Å². The lowest BCUT2D eigenvalue weighted by atomic mass is 9.95. The first-order valence-electron chi connectivity index (χ1n) is 10.3. The van der Waals surface area contributed by atoms with Crippen molar-refractivity contribution in [3.63, 3.8) is 0 Å². The highest BCUT2D eigenvalue weighted by Crippen LogP contribution is 2.30. The zero-order valence-electron chi connectivity index (χ0n) is 16.5. The van der Waals surface area contributed by atoms with E-state index in [0.717, 1.165) is 68.5 Å². The molecule has 0 radical (unpaired) electrons. The van der Waals surface area contributed by atoms with Crippen LogP contribution in [0.15, 0.2) is 36.4 Å². The molecule has 150 valence electrons. The number of hydrogen-bond acceptors (Lipinski definition) is 6. The van der Waals surface area contributed by atoms with E-state index in [1.165, 1.54) is 0 Å². The fourth-order valence-corrected chi connectivity index (χ4v) is 4.40. The van der Waals surface area contributed by atoms with Crippen LogP contribution in [-0.2, 0) is 0 Å². The van der Waals surface area contributed by atoms with Crippen LogP contribution in [0.2, 0.25) is 0 Å². The Bertz CT molecular complexity index is 777. The lowest BCUT2D eigenvalue weighted by molar-refractivity contribution is 0.0687. The molecule has 2 aliphatic heterocycles. The van der Waals surface area contributed by atoms with Crippen LogP contribution < -0.4 is 4.90 Å². The van der Waals surface area contributed by atoms with Crippen molar-refractivity contribution in [2.45, 2.75) is 25.9 Å². The van der Waals surface area contributed by atoms with Crippen molar-refractivity contribution in [1.29, 1.82) is 0 Å². The van der Waals surface area contributed by atoms with Crippen LogP contribution >= 0.6 is 0 Å². The third kappa shape index (κ3) is 4.35. The van der Waals surface area contributed by atoms with E-state index in [2.05, 4.69) is 14.8 Å². The quantitative estimate of drug-likeness (QED) is 0.824. The van der Waals surface area contributed by atoms with Gasteiger partial charge in [-0.2, -0.15) is 0 Å². The molecule has 2 fully saturated rings. The number of rotatable bonds is 5. The molecule has 0 unspecified atom stereocenters. The summed E-state index contributed by atoms with van der Waals surface area (Å²) in [6, 6.07) is 12.1. The Kier molecular flexibility index (Phi) is 5.90. The number of benzene rings is 1. The second-order valence-corrected chi connectivity index (χ2v) is 8.20. The van der Waals surface area contributed by atoms with Crippen molar-refractivity contribution < 1.29 is 10.2 Å². The standard InChI is InChI=1S/C22H30N4O2/c1-16-11-21(24-22(23-16)17-5-3-2-4-6-17)26-13-18(19(14-26)15-27)12-25-9-7-20(28)8-10-25/h2-6,11,18-20,27-28H,7-10,12-15H2,1H3/t18-,19-/m1/s1. The predicted molar refractivity (Wildman–Crippen MR) is 110 cm³/mol. The van der Waals surface area contributed by atoms with Gasteiger partial charge in [-0.1, -0.05) is 30.3 Å². The van der Waals surface area contributed by atoms with Gasteiger partial charge in [0.1, 0.15) is 5.82 Å². The first-order chi connectivity index (χ1) is 13.6. The highest BCUT2D eigenvalue weighted by atomic mass is 16.3. The maximum absolute atomic E-state index is 9.94. The first-order valence-corrected chi connectivity index (χ1v) is 10.3. The Morgan fingerprint density at radius 1 is 1.04 bits per heavy atom. The Balaban J connectivity index is 1.49. The summed E-state index contributed by atoms with van der Waals surface area (Å²) in [7, 11) is 0. The molecule has 2 aliphatic rings. The molecule has 2 aromatic rings. The molecule has 6 nitrogen and oxygen atoms in total. The molecule has 0 bridgehead atoms. The minimum Gasteiger partial charge on any atom is -0.396 e. The topological polar surface area (TPSA) is 72.7 Å². The summed E-state index contributed by atoms with van der Waals surface area (Å²) >= 11 is 0. The van der Waals surface area contributed by atoms with E-state index in [1.807, 2.05) is 43.3 Å². The van der Waals surface area contributed by atoms with E-state index in [9.17, 15) is 10.2 Å². The molecule has 2 saturated heterocycles. The van der Waals surface area contributed by atoms with Crippen LogP contribution in [0.3, 0.4) is 0 Å². The summed E-state index contributed by atoms with van der Waals surface area (Å²) in [4.78, 5) is 14.2. The van der Waals surface area contributed by atoms with Gasteiger partial charge in [0.05, 0.1) is 6.10 Å². The maximum Gasteiger partial charge on any atom is 0.161 e. The molecule has 1 aromatic carbocycles. The number of hydrogen-bond donors (Lipinski definition) is 2. The summed E-state index contributed by atoms with van der Waals surface area (Å²) < 4.78 is 0. The van der Waals surface area contributed by atoms with Crippen molar-refractivity contribution in [3.8, 4) is 11.4 Å². The van der Waals surface area contributed by atoms with Gasteiger partial charge in [-0.15, -0.1) is 0 Å². The Morgan fingerprint density at radius 2 is 1.75 bits per heavy atom. The minimum absolute atomic E-state index is 0.148. The summed E-state index contributed by atoms with van der Waals surface area (Å²) in [6.45, 7) is 6.80. The SMILES string of the molecule is Cc1cc(N2C[C@@H](CN3CCC(O)CC3)[C@@H](CO)C2)nc(-c2ccccc2)n1. The Morgan fingerprint density at radius 3 is 2.46 bits per heavy atom. The lowest BCUT2D eigenvalue weighted by Gasteiger charge is -2.32. The fraction of sp³-hybridized carbons (Fsp3) is 0.545. The van der Waals surface area contributed by atoms with Gasteiger partial charge >= 0.3 is 0 Å². The van der Waals surface area contributed by atoms with Crippen molar-refractivity contribution in [1.82, 2.24) is 14.9 Å². The number of aromatic nitrogens is 2. The van der Waals surface area contributed by atoms with Crippen molar-refractivity contribution >= 4 is 5.82 Å². The van der Waals surface area contributed by atoms with Gasteiger partial charge in [0.2, 0.25) is 0 Å². The van der Waals surface area contributed by atoms with E-state index < -0.39 is 0 Å². The van der Waals surface area contributed by atoms with Crippen LogP contribution in [0, 0.1) is 18.8 Å². The van der Waals surface area contributed by atoms with Gasteiger partial charge in [0.15, 0.2) is 5.82 Å². The van der Waals surface area contributed by atoms with Crippen molar-refractivity contribution in [3.05, 3.63) is 42.1 Å². The lowest BCUT2D eigenvalue weighted by Crippen LogP contribution is -2.40. The number of piperidine rings is 1. The highest BCUT2D eigenvalue weighted by molar-refractivity contribution is 5.58. The van der Waals surface area contributed by atoms with Gasteiger partial charge < -0.3 is 20.0 Å². The van der Waals surface area contributed by atoms with Gasteiger partial charge in [-0.3, -0.25) is 0 Å². The molecule has 3 heterocycles. The monoisotopic (exact) mass is 382 g/mol. The van der Waals surface area contributed by atoms with Gasteiger partial charge in [-0.05, 0) is 25.7 Å². The predicted octanol–water partition coefficient (Wildman–Crippen LogP) is 1.95. The van der Waals surface area contributed by atoms with Crippen LogP contribution in [0.25, 0.3) is 11.4 Å². The molecule has 1 aromatic heterocycles. The molecule has 28 heavy (non-hydrogen) atoms. The molecule has 2 atom stereocenters. The van der Waals surface area contributed by atoms with E-state index in [4.69, 9.17) is 4.98 Å². The third-order valence-electron chi connectivity index (χ3n) is 6.06. The van der Waals surface area contributed by atoms with Crippen LogP contribution in [-0.4, -0.2) is 70.5 Å². The van der Waals surface area contributed by atoms with Crippen LogP contribution in [0.1, 0.15) is 18.5 Å². The zero-order chi connectivity index (χ0) is 19.5. The van der Waals surface area contributed by atoms with Crippen LogP contribution in [0.4, 0.5) is 5.82 Å². The highest BCUT2D eigenvalue weighted by Gasteiger charge is 2.35.